The first kappa shape index (κ1) is 14.3. The average Bonchev–Trinajstić information content (AvgIpc) is 2.37. The standard InChI is InChI=1S/C12H11N3O4/c1-8(14)10(6-13)11(16)7-19-12(17)9-2-4-15(18)5-3-9/h2-5,10,14H,7H2,1H3. The first-order chi connectivity index (χ1) is 8.95. The Morgan fingerprint density at radius 3 is 2.58 bits per heavy atom. The Hall–Kier alpha value is -2.75. The zero-order valence-electron chi connectivity index (χ0n) is 10.1. The van der Waals surface area contributed by atoms with Crippen LogP contribution in [0.1, 0.15) is 17.3 Å². The Kier molecular flexibility index (Phi) is 4.71. The van der Waals surface area contributed by atoms with E-state index in [1.165, 1.54) is 19.1 Å². The van der Waals surface area contributed by atoms with Gasteiger partial charge in [-0.25, -0.2) is 4.79 Å². The zero-order valence-corrected chi connectivity index (χ0v) is 10.1. The van der Waals surface area contributed by atoms with Gasteiger partial charge in [0.2, 0.25) is 0 Å². The number of hydrogen-bond donors (Lipinski definition) is 1. The van der Waals surface area contributed by atoms with Crippen molar-refractivity contribution in [3.63, 3.8) is 0 Å². The van der Waals surface area contributed by atoms with Crippen molar-refractivity contribution >= 4 is 17.5 Å². The molecule has 0 bridgehead atoms. The predicted octanol–water partition coefficient (Wildman–Crippen LogP) is 0.225. The van der Waals surface area contributed by atoms with Crippen molar-refractivity contribution in [3.8, 4) is 6.07 Å². The van der Waals surface area contributed by atoms with E-state index in [-0.39, 0.29) is 11.3 Å². The van der Waals surface area contributed by atoms with Gasteiger partial charge in [0.15, 0.2) is 24.8 Å². The van der Waals surface area contributed by atoms with E-state index in [0.29, 0.717) is 4.73 Å². The highest BCUT2D eigenvalue weighted by molar-refractivity contribution is 6.06. The highest BCUT2D eigenvalue weighted by Gasteiger charge is 2.21. The normalized spacial score (nSPS) is 11.2. The van der Waals surface area contributed by atoms with Gasteiger partial charge in [0, 0.05) is 17.8 Å². The number of carbonyl (C=O) groups is 2. The van der Waals surface area contributed by atoms with Crippen molar-refractivity contribution in [1.82, 2.24) is 0 Å². The Bertz CT molecular complexity index is 545. The maximum atomic E-state index is 11.5. The summed E-state index contributed by atoms with van der Waals surface area (Å²) in [6.45, 7) is 0.747. The van der Waals surface area contributed by atoms with Gasteiger partial charge in [0.05, 0.1) is 11.6 Å². The van der Waals surface area contributed by atoms with Crippen molar-refractivity contribution in [2.75, 3.05) is 6.61 Å². The number of esters is 1. The number of ketones is 1. The highest BCUT2D eigenvalue weighted by atomic mass is 16.5. The fraction of sp³-hybridized carbons (Fsp3) is 0.250. The summed E-state index contributed by atoms with van der Waals surface area (Å²) in [7, 11) is 0. The molecule has 7 heteroatoms. The fourth-order valence-electron chi connectivity index (χ4n) is 1.26. The second-order valence-electron chi connectivity index (χ2n) is 3.73. The van der Waals surface area contributed by atoms with Crippen molar-refractivity contribution < 1.29 is 19.1 Å². The molecule has 1 heterocycles. The Morgan fingerprint density at radius 2 is 2.11 bits per heavy atom. The second-order valence-corrected chi connectivity index (χ2v) is 3.73. The first-order valence-corrected chi connectivity index (χ1v) is 5.29. The number of nitrogens with zero attached hydrogens (tertiary/aromatic N) is 2. The lowest BCUT2D eigenvalue weighted by atomic mass is 10.0. The van der Waals surface area contributed by atoms with Crippen LogP contribution in [0.5, 0.6) is 0 Å². The number of aromatic nitrogens is 1. The number of ether oxygens (including phenoxy) is 1. The minimum absolute atomic E-state index is 0.101. The molecule has 0 spiro atoms. The highest BCUT2D eigenvalue weighted by Crippen LogP contribution is 2.03. The molecule has 0 aliphatic carbocycles. The summed E-state index contributed by atoms with van der Waals surface area (Å²) in [6.07, 6.45) is 2.25. The first-order valence-electron chi connectivity index (χ1n) is 5.29. The number of pyridine rings is 1. The van der Waals surface area contributed by atoms with E-state index >= 15 is 0 Å². The van der Waals surface area contributed by atoms with Gasteiger partial charge in [-0.3, -0.25) is 4.79 Å². The molecule has 0 amide bonds. The molecule has 1 atom stereocenters. The van der Waals surface area contributed by atoms with E-state index in [1.807, 2.05) is 0 Å². The van der Waals surface area contributed by atoms with Gasteiger partial charge in [-0.05, 0) is 6.92 Å². The molecule has 1 rings (SSSR count). The van der Waals surface area contributed by atoms with Crippen molar-refractivity contribution in [2.24, 2.45) is 5.92 Å². The molecule has 98 valence electrons. The van der Waals surface area contributed by atoms with Crippen LogP contribution in [0.4, 0.5) is 0 Å². The van der Waals surface area contributed by atoms with Crippen LogP contribution in [0.2, 0.25) is 0 Å². The summed E-state index contributed by atoms with van der Waals surface area (Å²) in [5.41, 5.74) is 0.0237. The maximum absolute atomic E-state index is 11.5. The molecule has 7 nitrogen and oxygen atoms in total. The zero-order chi connectivity index (χ0) is 14.4. The quantitative estimate of drug-likeness (QED) is 0.352. The van der Waals surface area contributed by atoms with Gasteiger partial charge in [0.25, 0.3) is 0 Å². The molecule has 0 aliphatic heterocycles. The van der Waals surface area contributed by atoms with E-state index in [4.69, 9.17) is 15.4 Å². The van der Waals surface area contributed by atoms with Crippen LogP contribution < -0.4 is 4.73 Å². The van der Waals surface area contributed by atoms with Gasteiger partial charge >= 0.3 is 5.97 Å². The monoisotopic (exact) mass is 261 g/mol. The minimum atomic E-state index is -1.20. The molecule has 1 N–H and O–H groups in total. The van der Waals surface area contributed by atoms with E-state index in [9.17, 15) is 14.8 Å². The largest absolute Gasteiger partial charge is 0.619 e. The number of nitriles is 1. The topological polar surface area (TPSA) is 118 Å². The summed E-state index contributed by atoms with van der Waals surface area (Å²) in [4.78, 5) is 23.0. The van der Waals surface area contributed by atoms with Crippen LogP contribution in [0, 0.1) is 27.9 Å². The minimum Gasteiger partial charge on any atom is -0.619 e. The lowest BCUT2D eigenvalue weighted by molar-refractivity contribution is -0.605. The van der Waals surface area contributed by atoms with Gasteiger partial charge < -0.3 is 15.4 Å². The number of carbonyl (C=O) groups excluding carboxylic acids is 2. The number of rotatable bonds is 5. The number of Topliss-reactive ketones (excluding diaryl/α,β-unsaturated/α-hetero) is 1. The molecule has 0 aliphatic rings. The van der Waals surface area contributed by atoms with Gasteiger partial charge in [-0.1, -0.05) is 0 Å². The van der Waals surface area contributed by atoms with Crippen molar-refractivity contribution in [2.45, 2.75) is 6.92 Å². The van der Waals surface area contributed by atoms with Crippen LogP contribution >= 0.6 is 0 Å². The molecule has 1 aromatic rings. The predicted molar refractivity (Wildman–Crippen MR) is 63.2 cm³/mol. The molecular formula is C12H11N3O4. The summed E-state index contributed by atoms with van der Waals surface area (Å²) in [6, 6.07) is 4.17. The third kappa shape index (κ3) is 3.89. The van der Waals surface area contributed by atoms with Crippen molar-refractivity contribution in [1.29, 1.82) is 10.7 Å². The molecule has 1 aromatic heterocycles. The second kappa shape index (κ2) is 6.26. The van der Waals surface area contributed by atoms with Crippen LogP contribution in [0.15, 0.2) is 24.5 Å². The molecule has 0 radical (unpaired) electrons. The maximum Gasteiger partial charge on any atom is 0.339 e. The van der Waals surface area contributed by atoms with Crippen LogP contribution in [0.25, 0.3) is 0 Å². The van der Waals surface area contributed by atoms with E-state index in [2.05, 4.69) is 0 Å². The Morgan fingerprint density at radius 1 is 1.53 bits per heavy atom. The van der Waals surface area contributed by atoms with E-state index < -0.39 is 24.3 Å². The third-order valence-corrected chi connectivity index (χ3v) is 2.27. The number of nitrogens with one attached hydrogen (secondary N) is 1. The van der Waals surface area contributed by atoms with E-state index in [0.717, 1.165) is 12.4 Å². The fourth-order valence-corrected chi connectivity index (χ4v) is 1.26. The lowest BCUT2D eigenvalue weighted by Gasteiger charge is -2.07. The number of hydrogen-bond acceptors (Lipinski definition) is 6. The van der Waals surface area contributed by atoms with E-state index in [1.54, 1.807) is 6.07 Å². The summed E-state index contributed by atoms with van der Waals surface area (Å²) < 4.78 is 5.22. The smallest absolute Gasteiger partial charge is 0.339 e. The molecular weight excluding hydrogens is 250 g/mol. The molecule has 0 fully saturated rings. The lowest BCUT2D eigenvalue weighted by Crippen LogP contribution is -2.27. The molecule has 0 aromatic carbocycles. The third-order valence-electron chi connectivity index (χ3n) is 2.27. The Labute approximate surface area is 109 Å². The average molecular weight is 261 g/mol. The molecule has 1 unspecified atom stereocenters. The summed E-state index contributed by atoms with van der Waals surface area (Å²) >= 11 is 0. The van der Waals surface area contributed by atoms with Crippen LogP contribution in [-0.2, 0) is 9.53 Å². The van der Waals surface area contributed by atoms with Crippen LogP contribution in [-0.4, -0.2) is 24.1 Å². The summed E-state index contributed by atoms with van der Waals surface area (Å²) in [5.74, 6) is -2.63. The molecule has 19 heavy (non-hydrogen) atoms. The van der Waals surface area contributed by atoms with Crippen molar-refractivity contribution in [3.05, 3.63) is 35.3 Å². The van der Waals surface area contributed by atoms with Crippen LogP contribution in [0.3, 0.4) is 0 Å². The van der Waals surface area contributed by atoms with Gasteiger partial charge in [-0.2, -0.15) is 9.99 Å². The van der Waals surface area contributed by atoms with Gasteiger partial charge in [-0.15, -0.1) is 0 Å². The van der Waals surface area contributed by atoms with Gasteiger partial charge in [0.1, 0.15) is 5.92 Å². The molecule has 0 saturated carbocycles. The SMILES string of the molecule is CC(=N)C(C#N)C(=O)COC(=O)c1cc[n+]([O-])cc1. The Balaban J connectivity index is 2.60. The summed E-state index contributed by atoms with van der Waals surface area (Å²) in [5, 5.41) is 26.7. The molecule has 0 saturated heterocycles.